The number of nitrogens with zero attached hydrogens (tertiary/aromatic N) is 3. The first-order valence-corrected chi connectivity index (χ1v) is 9.91. The van der Waals surface area contributed by atoms with Gasteiger partial charge in [-0.1, -0.05) is 12.1 Å². The number of hydrogen-bond donors (Lipinski definition) is 2. The molecule has 7 nitrogen and oxygen atoms in total. The van der Waals surface area contributed by atoms with Crippen LogP contribution in [-0.4, -0.2) is 56.6 Å². The molecule has 1 fully saturated rings. The number of amides is 1. The lowest BCUT2D eigenvalue weighted by molar-refractivity contribution is 0.100. The van der Waals surface area contributed by atoms with Crippen molar-refractivity contribution in [2.24, 2.45) is 10.7 Å². The maximum Gasteiger partial charge on any atom is 0.248 e. The number of carbonyl (C=O) groups excluding carboxylic acids is 1. The molecule has 2 aromatic rings. The molecule has 1 aliphatic heterocycles. The number of nitrogens with one attached hydrogen (secondary N) is 1. The molecule has 0 radical (unpaired) electrons. The van der Waals surface area contributed by atoms with Crippen molar-refractivity contribution in [2.45, 2.75) is 13.5 Å². The molecule has 0 unspecified atom stereocenters. The Morgan fingerprint density at radius 3 is 2.23 bits per heavy atom. The lowest BCUT2D eigenvalue weighted by atomic mass is 10.1. The number of primary amides is 1. The Kier molecular flexibility index (Phi) is 9.22. The normalized spacial score (nSPS) is 14.1. The molecular formula is C22H30IN5O2. The lowest BCUT2D eigenvalue weighted by Gasteiger charge is -2.37. The highest BCUT2D eigenvalue weighted by atomic mass is 127. The van der Waals surface area contributed by atoms with Gasteiger partial charge in [0.2, 0.25) is 5.91 Å². The molecule has 30 heavy (non-hydrogen) atoms. The first-order chi connectivity index (χ1) is 14.1. The van der Waals surface area contributed by atoms with Crippen LogP contribution in [0.15, 0.2) is 53.5 Å². The number of aliphatic imine (C=N–C) groups is 1. The Morgan fingerprint density at radius 2 is 1.70 bits per heavy atom. The summed E-state index contributed by atoms with van der Waals surface area (Å²) >= 11 is 0. The molecule has 1 aliphatic rings. The third-order valence-corrected chi connectivity index (χ3v) is 5.00. The molecule has 0 spiro atoms. The Balaban J connectivity index is 0.00000320. The highest BCUT2D eigenvalue weighted by molar-refractivity contribution is 14.0. The van der Waals surface area contributed by atoms with Crippen molar-refractivity contribution in [1.82, 2.24) is 10.2 Å². The predicted molar refractivity (Wildman–Crippen MR) is 132 cm³/mol. The van der Waals surface area contributed by atoms with Crippen molar-refractivity contribution >= 4 is 41.5 Å². The number of nitrogens with two attached hydrogens (primary N) is 1. The standard InChI is InChI=1S/C22H29N5O2.HI/c1-3-24-22(25-16-17-4-6-18(7-5-17)21(23)28)27-14-12-26(13-15-27)19-8-10-20(29-2)11-9-19;/h4-11H,3,12-16H2,1-2H3,(H2,23,28)(H,24,25);1H. The molecule has 3 N–H and O–H groups in total. The Morgan fingerprint density at radius 1 is 1.07 bits per heavy atom. The average molecular weight is 523 g/mol. The first-order valence-electron chi connectivity index (χ1n) is 9.91. The summed E-state index contributed by atoms with van der Waals surface area (Å²) in [4.78, 5) is 20.7. The quantitative estimate of drug-likeness (QED) is 0.346. The fraction of sp³-hybridized carbons (Fsp3) is 0.364. The largest absolute Gasteiger partial charge is 0.497 e. The summed E-state index contributed by atoms with van der Waals surface area (Å²) in [5.41, 5.74) is 8.06. The second-order valence-corrected chi connectivity index (χ2v) is 6.90. The highest BCUT2D eigenvalue weighted by Gasteiger charge is 2.19. The van der Waals surface area contributed by atoms with Crippen molar-refractivity contribution in [1.29, 1.82) is 0 Å². The number of anilines is 1. The second-order valence-electron chi connectivity index (χ2n) is 6.90. The summed E-state index contributed by atoms with van der Waals surface area (Å²) < 4.78 is 5.24. The van der Waals surface area contributed by atoms with Gasteiger partial charge in [-0.3, -0.25) is 4.79 Å². The van der Waals surface area contributed by atoms with E-state index in [9.17, 15) is 4.79 Å². The van der Waals surface area contributed by atoms with Crippen molar-refractivity contribution in [3.05, 3.63) is 59.7 Å². The van der Waals surface area contributed by atoms with Gasteiger partial charge in [0.15, 0.2) is 5.96 Å². The molecule has 1 saturated heterocycles. The molecule has 3 rings (SSSR count). The van der Waals surface area contributed by atoms with Crippen molar-refractivity contribution in [3.8, 4) is 5.75 Å². The molecular weight excluding hydrogens is 493 g/mol. The van der Waals surface area contributed by atoms with Gasteiger partial charge in [0.05, 0.1) is 13.7 Å². The van der Waals surface area contributed by atoms with Gasteiger partial charge in [0, 0.05) is 44.0 Å². The van der Waals surface area contributed by atoms with Gasteiger partial charge in [0.25, 0.3) is 0 Å². The number of benzene rings is 2. The van der Waals surface area contributed by atoms with Gasteiger partial charge >= 0.3 is 0 Å². The number of halogens is 1. The van der Waals surface area contributed by atoms with E-state index >= 15 is 0 Å². The van der Waals surface area contributed by atoms with Gasteiger partial charge in [-0.15, -0.1) is 24.0 Å². The minimum Gasteiger partial charge on any atom is -0.497 e. The third kappa shape index (κ3) is 6.25. The van der Waals surface area contributed by atoms with E-state index in [2.05, 4.69) is 34.2 Å². The van der Waals surface area contributed by atoms with E-state index in [0.29, 0.717) is 12.1 Å². The molecule has 162 valence electrons. The summed E-state index contributed by atoms with van der Waals surface area (Å²) in [5, 5.41) is 3.39. The van der Waals surface area contributed by atoms with E-state index in [1.54, 1.807) is 19.2 Å². The van der Waals surface area contributed by atoms with Crippen LogP contribution in [0.25, 0.3) is 0 Å². The highest BCUT2D eigenvalue weighted by Crippen LogP contribution is 2.20. The molecule has 0 aromatic heterocycles. The van der Waals surface area contributed by atoms with Crippen molar-refractivity contribution in [2.75, 3.05) is 44.7 Å². The number of methoxy groups -OCH3 is 1. The van der Waals surface area contributed by atoms with Crippen LogP contribution in [0.1, 0.15) is 22.8 Å². The number of carbonyl (C=O) groups is 1. The molecule has 1 amide bonds. The van der Waals surface area contributed by atoms with Crippen LogP contribution in [0.4, 0.5) is 5.69 Å². The zero-order chi connectivity index (χ0) is 20.6. The van der Waals surface area contributed by atoms with E-state index in [1.165, 1.54) is 5.69 Å². The topological polar surface area (TPSA) is 83.2 Å². The number of ether oxygens (including phenoxy) is 1. The summed E-state index contributed by atoms with van der Waals surface area (Å²) in [5.74, 6) is 1.38. The number of hydrogen-bond acceptors (Lipinski definition) is 4. The van der Waals surface area contributed by atoms with Crippen molar-refractivity contribution in [3.63, 3.8) is 0 Å². The van der Waals surface area contributed by atoms with Gasteiger partial charge < -0.3 is 25.6 Å². The molecule has 8 heteroatoms. The van der Waals surface area contributed by atoms with Crippen LogP contribution in [0, 0.1) is 0 Å². The molecule has 0 bridgehead atoms. The molecule has 1 heterocycles. The van der Waals surface area contributed by atoms with Gasteiger partial charge in [-0.2, -0.15) is 0 Å². The zero-order valence-electron chi connectivity index (χ0n) is 17.5. The van der Waals surface area contributed by atoms with Crippen LogP contribution in [0.2, 0.25) is 0 Å². The predicted octanol–water partition coefficient (Wildman–Crippen LogP) is 2.70. The third-order valence-electron chi connectivity index (χ3n) is 5.00. The minimum absolute atomic E-state index is 0. The number of piperazine rings is 1. The first kappa shape index (κ1) is 23.8. The Labute approximate surface area is 195 Å². The monoisotopic (exact) mass is 523 g/mol. The molecule has 0 saturated carbocycles. The maximum atomic E-state index is 11.2. The minimum atomic E-state index is -0.414. The van der Waals surface area contributed by atoms with E-state index in [4.69, 9.17) is 15.5 Å². The molecule has 0 atom stereocenters. The Hall–Kier alpha value is -2.49. The fourth-order valence-electron chi connectivity index (χ4n) is 3.34. The van der Waals surface area contributed by atoms with E-state index in [0.717, 1.165) is 50.0 Å². The zero-order valence-corrected chi connectivity index (χ0v) is 19.8. The van der Waals surface area contributed by atoms with Gasteiger partial charge in [-0.25, -0.2) is 4.99 Å². The van der Waals surface area contributed by atoms with Crippen LogP contribution in [-0.2, 0) is 6.54 Å². The average Bonchev–Trinajstić information content (AvgIpc) is 2.77. The van der Waals surface area contributed by atoms with Crippen LogP contribution < -0.4 is 20.7 Å². The van der Waals surface area contributed by atoms with Crippen LogP contribution in [0.5, 0.6) is 5.75 Å². The van der Waals surface area contributed by atoms with Crippen LogP contribution in [0.3, 0.4) is 0 Å². The van der Waals surface area contributed by atoms with Gasteiger partial charge in [0.1, 0.15) is 5.75 Å². The summed E-state index contributed by atoms with van der Waals surface area (Å²) in [6.45, 7) is 7.12. The smallest absolute Gasteiger partial charge is 0.248 e. The van der Waals surface area contributed by atoms with Crippen molar-refractivity contribution < 1.29 is 9.53 Å². The van der Waals surface area contributed by atoms with E-state index in [-0.39, 0.29) is 24.0 Å². The number of guanidine groups is 1. The SMILES string of the molecule is CCNC(=NCc1ccc(C(N)=O)cc1)N1CCN(c2ccc(OC)cc2)CC1.I. The number of rotatable bonds is 6. The summed E-state index contributed by atoms with van der Waals surface area (Å²) in [6.07, 6.45) is 0. The Bertz CT molecular complexity index is 832. The molecule has 0 aliphatic carbocycles. The summed E-state index contributed by atoms with van der Waals surface area (Å²) in [7, 11) is 1.68. The van der Waals surface area contributed by atoms with Crippen LogP contribution >= 0.6 is 24.0 Å². The maximum absolute atomic E-state index is 11.2. The summed E-state index contributed by atoms with van der Waals surface area (Å²) in [6, 6.07) is 15.5. The fourth-order valence-corrected chi connectivity index (χ4v) is 3.34. The van der Waals surface area contributed by atoms with Gasteiger partial charge in [-0.05, 0) is 48.9 Å². The van der Waals surface area contributed by atoms with E-state index < -0.39 is 5.91 Å². The molecule has 2 aromatic carbocycles. The van der Waals surface area contributed by atoms with E-state index in [1.807, 2.05) is 24.3 Å². The second kappa shape index (κ2) is 11.6. The lowest BCUT2D eigenvalue weighted by Crippen LogP contribution is -2.52.